The number of nitrogens with zero attached hydrogens (tertiary/aromatic N) is 2. The van der Waals surface area contributed by atoms with Gasteiger partial charge in [0.2, 0.25) is 0 Å². The molecule has 0 radical (unpaired) electrons. The van der Waals surface area contributed by atoms with Gasteiger partial charge < -0.3 is 19.4 Å². The molecule has 2 heterocycles. The van der Waals surface area contributed by atoms with Crippen molar-refractivity contribution in [1.82, 2.24) is 10.2 Å². The van der Waals surface area contributed by atoms with Crippen LogP contribution in [-0.4, -0.2) is 57.2 Å². The SMILES string of the molecule is COc1ccccc1N1CCN(CCCNC(=O)c2cccc3c(=O)c(C)c(-c4ccccc4-c4ccccc4)oc23)CC1. The molecule has 7 heteroatoms. The molecule has 0 unspecified atom stereocenters. The average molecular weight is 588 g/mol. The van der Waals surface area contributed by atoms with E-state index in [0.29, 0.717) is 34.4 Å². The van der Waals surface area contributed by atoms with Crippen molar-refractivity contribution in [2.24, 2.45) is 0 Å². The number of amides is 1. The van der Waals surface area contributed by atoms with E-state index in [4.69, 9.17) is 9.15 Å². The minimum absolute atomic E-state index is 0.133. The second-order valence-corrected chi connectivity index (χ2v) is 11.1. The quantitative estimate of drug-likeness (QED) is 0.202. The summed E-state index contributed by atoms with van der Waals surface area (Å²) in [7, 11) is 1.71. The molecule has 44 heavy (non-hydrogen) atoms. The monoisotopic (exact) mass is 587 g/mol. The maximum absolute atomic E-state index is 13.5. The molecule has 4 aromatic carbocycles. The van der Waals surface area contributed by atoms with E-state index in [1.165, 1.54) is 0 Å². The number of piperazine rings is 1. The van der Waals surface area contributed by atoms with Crippen molar-refractivity contribution in [1.29, 1.82) is 0 Å². The molecule has 0 bridgehead atoms. The Bertz CT molecular complexity index is 1820. The number of nitrogens with one attached hydrogen (secondary N) is 1. The van der Waals surface area contributed by atoms with Crippen molar-refractivity contribution in [3.63, 3.8) is 0 Å². The zero-order valence-electron chi connectivity index (χ0n) is 25.2. The third-order valence-corrected chi connectivity index (χ3v) is 8.38. The molecule has 1 aliphatic heterocycles. The molecule has 1 amide bonds. The van der Waals surface area contributed by atoms with Gasteiger partial charge >= 0.3 is 0 Å². The lowest BCUT2D eigenvalue weighted by molar-refractivity contribution is 0.0952. The predicted octanol–water partition coefficient (Wildman–Crippen LogP) is 6.39. The van der Waals surface area contributed by atoms with E-state index in [1.807, 2.05) is 72.8 Å². The maximum Gasteiger partial charge on any atom is 0.255 e. The van der Waals surface area contributed by atoms with Crippen molar-refractivity contribution < 1.29 is 13.9 Å². The van der Waals surface area contributed by atoms with Crippen molar-refractivity contribution in [3.05, 3.63) is 118 Å². The Labute approximate surface area is 257 Å². The van der Waals surface area contributed by atoms with Crippen LogP contribution in [0.1, 0.15) is 22.3 Å². The predicted molar refractivity (Wildman–Crippen MR) is 177 cm³/mol. The summed E-state index contributed by atoms with van der Waals surface area (Å²) in [5.41, 5.74) is 4.99. The normalized spacial score (nSPS) is 13.6. The standard InChI is InChI=1S/C37H37N3O4/c1-26-34(41)30-16-10-17-31(36(30)44-35(26)29-15-7-6-14-28(29)27-12-4-3-5-13-27)37(42)38-20-11-21-39-22-24-40(25-23-39)32-18-8-9-19-33(32)43-2/h3-10,12-19H,11,20-25H2,1-2H3,(H,38,42). The zero-order valence-corrected chi connectivity index (χ0v) is 25.2. The zero-order chi connectivity index (χ0) is 30.5. The summed E-state index contributed by atoms with van der Waals surface area (Å²) in [6.45, 7) is 6.96. The minimum Gasteiger partial charge on any atom is -0.495 e. The molecule has 1 N–H and O–H groups in total. The average Bonchev–Trinajstić information content (AvgIpc) is 3.08. The number of para-hydroxylation sites is 3. The second kappa shape index (κ2) is 13.2. The fourth-order valence-corrected chi connectivity index (χ4v) is 6.00. The Morgan fingerprint density at radius 3 is 2.32 bits per heavy atom. The second-order valence-electron chi connectivity index (χ2n) is 11.1. The van der Waals surface area contributed by atoms with E-state index in [2.05, 4.69) is 21.2 Å². The lowest BCUT2D eigenvalue weighted by Crippen LogP contribution is -2.47. The van der Waals surface area contributed by atoms with Crippen LogP contribution in [0.5, 0.6) is 5.75 Å². The number of ether oxygens (including phenoxy) is 1. The Balaban J connectivity index is 1.14. The number of fused-ring (bicyclic) bond motifs is 1. The van der Waals surface area contributed by atoms with E-state index in [-0.39, 0.29) is 11.3 Å². The fourth-order valence-electron chi connectivity index (χ4n) is 6.00. The number of anilines is 1. The number of methoxy groups -OCH3 is 1. The molecular formula is C37H37N3O4. The molecule has 1 aliphatic rings. The van der Waals surface area contributed by atoms with Gasteiger partial charge in [-0.2, -0.15) is 0 Å². The molecule has 7 nitrogen and oxygen atoms in total. The number of carbonyl (C=O) groups is 1. The van der Waals surface area contributed by atoms with Crippen LogP contribution in [0.25, 0.3) is 33.4 Å². The number of benzene rings is 4. The van der Waals surface area contributed by atoms with E-state index in [0.717, 1.165) is 67.3 Å². The summed E-state index contributed by atoms with van der Waals surface area (Å²) in [4.78, 5) is 31.7. The Morgan fingerprint density at radius 1 is 0.841 bits per heavy atom. The Morgan fingerprint density at radius 2 is 1.55 bits per heavy atom. The van der Waals surface area contributed by atoms with Crippen LogP contribution < -0.4 is 20.4 Å². The third kappa shape index (κ3) is 5.96. The van der Waals surface area contributed by atoms with Gasteiger partial charge in [0, 0.05) is 43.9 Å². The van der Waals surface area contributed by atoms with Gasteiger partial charge in [0.25, 0.3) is 5.91 Å². The van der Waals surface area contributed by atoms with Gasteiger partial charge in [-0.3, -0.25) is 14.5 Å². The van der Waals surface area contributed by atoms with Crippen LogP contribution >= 0.6 is 0 Å². The highest BCUT2D eigenvalue weighted by atomic mass is 16.5. The first-order valence-electron chi connectivity index (χ1n) is 15.1. The highest BCUT2D eigenvalue weighted by Crippen LogP contribution is 2.35. The van der Waals surface area contributed by atoms with Gasteiger partial charge in [-0.25, -0.2) is 0 Å². The van der Waals surface area contributed by atoms with Crippen LogP contribution in [0, 0.1) is 6.92 Å². The van der Waals surface area contributed by atoms with E-state index in [1.54, 1.807) is 32.2 Å². The molecule has 0 saturated carbocycles. The minimum atomic E-state index is -0.245. The number of hydrogen-bond acceptors (Lipinski definition) is 6. The molecule has 1 saturated heterocycles. The third-order valence-electron chi connectivity index (χ3n) is 8.38. The maximum atomic E-state index is 13.5. The topological polar surface area (TPSA) is 75.0 Å². The van der Waals surface area contributed by atoms with Crippen molar-refractivity contribution in [3.8, 4) is 28.2 Å². The van der Waals surface area contributed by atoms with Gasteiger partial charge in [-0.05, 0) is 55.3 Å². The van der Waals surface area contributed by atoms with Gasteiger partial charge in [0.1, 0.15) is 11.5 Å². The van der Waals surface area contributed by atoms with Crippen molar-refractivity contribution in [2.45, 2.75) is 13.3 Å². The van der Waals surface area contributed by atoms with Crippen molar-refractivity contribution >= 4 is 22.6 Å². The number of hydrogen-bond donors (Lipinski definition) is 1. The summed E-state index contributed by atoms with van der Waals surface area (Å²) in [6.07, 6.45) is 0.823. The van der Waals surface area contributed by atoms with Crippen LogP contribution in [-0.2, 0) is 0 Å². The van der Waals surface area contributed by atoms with E-state index in [9.17, 15) is 9.59 Å². The first-order valence-corrected chi connectivity index (χ1v) is 15.1. The summed E-state index contributed by atoms with van der Waals surface area (Å²) in [6, 6.07) is 31.2. The van der Waals surface area contributed by atoms with Crippen LogP contribution in [0.4, 0.5) is 5.69 Å². The first-order chi connectivity index (χ1) is 21.5. The summed E-state index contributed by atoms with van der Waals surface area (Å²) in [5, 5.41) is 3.46. The lowest BCUT2D eigenvalue weighted by Gasteiger charge is -2.36. The van der Waals surface area contributed by atoms with Crippen molar-refractivity contribution in [2.75, 3.05) is 51.3 Å². The molecule has 0 spiro atoms. The van der Waals surface area contributed by atoms with Gasteiger partial charge in [0.15, 0.2) is 11.0 Å². The van der Waals surface area contributed by atoms with E-state index < -0.39 is 0 Å². The molecule has 224 valence electrons. The van der Waals surface area contributed by atoms with Crippen LogP contribution in [0.15, 0.2) is 106 Å². The van der Waals surface area contributed by atoms with Crippen LogP contribution in [0.2, 0.25) is 0 Å². The molecule has 1 fully saturated rings. The number of carbonyl (C=O) groups excluding carboxylic acids is 1. The highest BCUT2D eigenvalue weighted by molar-refractivity contribution is 6.05. The Hall–Kier alpha value is -4.88. The molecule has 0 atom stereocenters. The molecule has 5 aromatic rings. The lowest BCUT2D eigenvalue weighted by atomic mass is 9.95. The first kappa shape index (κ1) is 29.2. The number of rotatable bonds is 9. The Kier molecular flexibility index (Phi) is 8.75. The largest absolute Gasteiger partial charge is 0.495 e. The van der Waals surface area contributed by atoms with Gasteiger partial charge in [-0.15, -0.1) is 0 Å². The smallest absolute Gasteiger partial charge is 0.255 e. The van der Waals surface area contributed by atoms with Crippen LogP contribution in [0.3, 0.4) is 0 Å². The summed E-state index contributed by atoms with van der Waals surface area (Å²) in [5.74, 6) is 1.14. The summed E-state index contributed by atoms with van der Waals surface area (Å²) < 4.78 is 12.0. The van der Waals surface area contributed by atoms with Gasteiger partial charge in [0.05, 0.1) is 23.7 Å². The molecule has 6 rings (SSSR count). The summed E-state index contributed by atoms with van der Waals surface area (Å²) >= 11 is 0. The molecule has 1 aromatic heterocycles. The molecular weight excluding hydrogens is 550 g/mol. The fraction of sp³-hybridized carbons (Fsp3) is 0.243. The van der Waals surface area contributed by atoms with E-state index >= 15 is 0 Å². The highest BCUT2D eigenvalue weighted by Gasteiger charge is 2.21. The van der Waals surface area contributed by atoms with Gasteiger partial charge in [-0.1, -0.05) is 72.8 Å². The molecule has 0 aliphatic carbocycles.